The Morgan fingerprint density at radius 2 is 2.39 bits per heavy atom. The summed E-state index contributed by atoms with van der Waals surface area (Å²) in [6.45, 7) is 1.46. The quantitative estimate of drug-likeness (QED) is 0.912. The predicted octanol–water partition coefficient (Wildman–Crippen LogP) is 1.21. The molecule has 5 heteroatoms. The SMILES string of the molecule is O=C(Cc1cccc(Br)c1)N1CCOCC1CO. The molecule has 98 valence electrons. The number of carbonyl (C=O) groups is 1. The Labute approximate surface area is 115 Å². The summed E-state index contributed by atoms with van der Waals surface area (Å²) in [6, 6.07) is 7.50. The molecule has 1 heterocycles. The highest BCUT2D eigenvalue weighted by atomic mass is 79.9. The second-order valence-corrected chi connectivity index (χ2v) is 5.22. The molecule has 0 aliphatic carbocycles. The molecule has 0 radical (unpaired) electrons. The lowest BCUT2D eigenvalue weighted by Gasteiger charge is -2.34. The number of aliphatic hydroxyl groups is 1. The molecule has 1 aromatic rings. The van der Waals surface area contributed by atoms with Crippen molar-refractivity contribution in [1.29, 1.82) is 0 Å². The van der Waals surface area contributed by atoms with E-state index in [9.17, 15) is 9.90 Å². The van der Waals surface area contributed by atoms with Crippen LogP contribution in [0, 0.1) is 0 Å². The van der Waals surface area contributed by atoms with E-state index in [0.717, 1.165) is 10.0 Å². The molecule has 1 amide bonds. The Morgan fingerprint density at radius 1 is 1.56 bits per heavy atom. The standard InChI is InChI=1S/C13H16BrNO3/c14-11-3-1-2-10(6-11)7-13(17)15-4-5-18-9-12(15)8-16/h1-3,6,12,16H,4-5,7-9H2. The minimum Gasteiger partial charge on any atom is -0.394 e. The zero-order valence-electron chi connectivity index (χ0n) is 10.0. The lowest BCUT2D eigenvalue weighted by molar-refractivity contribution is -0.140. The van der Waals surface area contributed by atoms with Crippen molar-refractivity contribution in [3.63, 3.8) is 0 Å². The Morgan fingerprint density at radius 3 is 3.11 bits per heavy atom. The van der Waals surface area contributed by atoms with Gasteiger partial charge in [0, 0.05) is 11.0 Å². The summed E-state index contributed by atoms with van der Waals surface area (Å²) in [5.74, 6) is 0.0375. The minimum absolute atomic E-state index is 0.0375. The molecule has 1 aliphatic heterocycles. The van der Waals surface area contributed by atoms with Crippen LogP contribution >= 0.6 is 15.9 Å². The average molecular weight is 314 g/mol. The van der Waals surface area contributed by atoms with Crippen molar-refractivity contribution < 1.29 is 14.6 Å². The second kappa shape index (κ2) is 6.31. The van der Waals surface area contributed by atoms with Gasteiger partial charge in [-0.2, -0.15) is 0 Å². The van der Waals surface area contributed by atoms with Crippen LogP contribution in [-0.4, -0.2) is 48.3 Å². The molecule has 0 spiro atoms. The van der Waals surface area contributed by atoms with Crippen LogP contribution in [0.4, 0.5) is 0 Å². The molecule has 0 saturated carbocycles. The number of halogens is 1. The Kier molecular flexibility index (Phi) is 4.74. The predicted molar refractivity (Wildman–Crippen MR) is 71.3 cm³/mol. The van der Waals surface area contributed by atoms with Gasteiger partial charge >= 0.3 is 0 Å². The number of amides is 1. The van der Waals surface area contributed by atoms with Crippen molar-refractivity contribution in [1.82, 2.24) is 4.90 Å². The van der Waals surface area contributed by atoms with Gasteiger partial charge in [-0.25, -0.2) is 0 Å². The number of hydrogen-bond acceptors (Lipinski definition) is 3. The summed E-state index contributed by atoms with van der Waals surface area (Å²) in [4.78, 5) is 13.9. The van der Waals surface area contributed by atoms with Gasteiger partial charge in [0.05, 0.1) is 32.3 Å². The molecule has 1 aromatic carbocycles. The van der Waals surface area contributed by atoms with E-state index in [4.69, 9.17) is 4.74 Å². The van der Waals surface area contributed by atoms with Crippen LogP contribution in [0.25, 0.3) is 0 Å². The number of rotatable bonds is 3. The maximum atomic E-state index is 12.2. The van der Waals surface area contributed by atoms with E-state index >= 15 is 0 Å². The van der Waals surface area contributed by atoms with Crippen LogP contribution in [0.15, 0.2) is 28.7 Å². The van der Waals surface area contributed by atoms with E-state index in [0.29, 0.717) is 26.2 Å². The van der Waals surface area contributed by atoms with E-state index in [1.54, 1.807) is 4.90 Å². The van der Waals surface area contributed by atoms with Gasteiger partial charge in [-0.05, 0) is 17.7 Å². The van der Waals surface area contributed by atoms with Crippen LogP contribution in [0.5, 0.6) is 0 Å². The second-order valence-electron chi connectivity index (χ2n) is 4.31. The maximum absolute atomic E-state index is 12.2. The fourth-order valence-electron chi connectivity index (χ4n) is 2.06. The van der Waals surface area contributed by atoms with Gasteiger partial charge in [-0.1, -0.05) is 28.1 Å². The van der Waals surface area contributed by atoms with Crippen LogP contribution < -0.4 is 0 Å². The van der Waals surface area contributed by atoms with Crippen LogP contribution in [0.3, 0.4) is 0 Å². The van der Waals surface area contributed by atoms with Gasteiger partial charge in [0.1, 0.15) is 0 Å². The molecule has 0 aromatic heterocycles. The number of aliphatic hydroxyl groups excluding tert-OH is 1. The number of carbonyl (C=O) groups excluding carboxylic acids is 1. The van der Waals surface area contributed by atoms with E-state index in [2.05, 4.69) is 15.9 Å². The van der Waals surface area contributed by atoms with E-state index in [1.165, 1.54) is 0 Å². The molecular formula is C13H16BrNO3. The van der Waals surface area contributed by atoms with Crippen LogP contribution in [0.2, 0.25) is 0 Å². The molecule has 18 heavy (non-hydrogen) atoms. The summed E-state index contributed by atoms with van der Waals surface area (Å²) in [6.07, 6.45) is 0.357. The fraction of sp³-hybridized carbons (Fsp3) is 0.462. The monoisotopic (exact) mass is 313 g/mol. The first-order valence-corrected chi connectivity index (χ1v) is 6.72. The third-order valence-electron chi connectivity index (χ3n) is 3.00. The van der Waals surface area contributed by atoms with Crippen molar-refractivity contribution in [2.24, 2.45) is 0 Å². The van der Waals surface area contributed by atoms with E-state index < -0.39 is 0 Å². The molecule has 1 unspecified atom stereocenters. The van der Waals surface area contributed by atoms with Gasteiger partial charge in [-0.3, -0.25) is 4.79 Å². The van der Waals surface area contributed by atoms with Crippen molar-refractivity contribution in [3.8, 4) is 0 Å². The molecule has 4 nitrogen and oxygen atoms in total. The molecule has 1 atom stereocenters. The number of ether oxygens (including phenoxy) is 1. The lowest BCUT2D eigenvalue weighted by Crippen LogP contribution is -2.51. The highest BCUT2D eigenvalue weighted by Crippen LogP contribution is 2.14. The van der Waals surface area contributed by atoms with E-state index in [-0.39, 0.29) is 18.6 Å². The molecular weight excluding hydrogens is 298 g/mol. The molecule has 1 fully saturated rings. The summed E-state index contributed by atoms with van der Waals surface area (Å²) in [5.41, 5.74) is 0.970. The van der Waals surface area contributed by atoms with Crippen LogP contribution in [-0.2, 0) is 16.0 Å². The first-order chi connectivity index (χ1) is 8.70. The van der Waals surface area contributed by atoms with Crippen molar-refractivity contribution in [2.45, 2.75) is 12.5 Å². The number of morpholine rings is 1. The van der Waals surface area contributed by atoms with Gasteiger partial charge in [0.2, 0.25) is 5.91 Å². The Hall–Kier alpha value is -0.910. The topological polar surface area (TPSA) is 49.8 Å². The smallest absolute Gasteiger partial charge is 0.227 e. The summed E-state index contributed by atoms with van der Waals surface area (Å²) in [5, 5.41) is 9.24. The summed E-state index contributed by atoms with van der Waals surface area (Å²) < 4.78 is 6.23. The molecule has 2 rings (SSSR count). The zero-order chi connectivity index (χ0) is 13.0. The van der Waals surface area contributed by atoms with Crippen molar-refractivity contribution in [3.05, 3.63) is 34.3 Å². The minimum atomic E-state index is -0.210. The number of nitrogens with zero attached hydrogens (tertiary/aromatic N) is 1. The molecule has 0 bridgehead atoms. The molecule has 1 aliphatic rings. The maximum Gasteiger partial charge on any atom is 0.227 e. The largest absolute Gasteiger partial charge is 0.394 e. The summed E-state index contributed by atoms with van der Waals surface area (Å²) in [7, 11) is 0. The molecule has 1 saturated heterocycles. The Bertz CT molecular complexity index is 424. The van der Waals surface area contributed by atoms with Crippen LogP contribution in [0.1, 0.15) is 5.56 Å². The van der Waals surface area contributed by atoms with Crippen molar-refractivity contribution in [2.75, 3.05) is 26.4 Å². The first kappa shape index (κ1) is 13.5. The third-order valence-corrected chi connectivity index (χ3v) is 3.50. The normalized spacial score (nSPS) is 19.9. The van der Waals surface area contributed by atoms with Crippen molar-refractivity contribution >= 4 is 21.8 Å². The Balaban J connectivity index is 2.02. The highest BCUT2D eigenvalue weighted by molar-refractivity contribution is 9.10. The number of hydrogen-bond donors (Lipinski definition) is 1. The highest BCUT2D eigenvalue weighted by Gasteiger charge is 2.26. The number of benzene rings is 1. The zero-order valence-corrected chi connectivity index (χ0v) is 11.6. The lowest BCUT2D eigenvalue weighted by atomic mass is 10.1. The van der Waals surface area contributed by atoms with Gasteiger partial charge in [0.15, 0.2) is 0 Å². The molecule has 1 N–H and O–H groups in total. The average Bonchev–Trinajstić information content (AvgIpc) is 2.38. The van der Waals surface area contributed by atoms with Gasteiger partial charge in [0.25, 0.3) is 0 Å². The van der Waals surface area contributed by atoms with E-state index in [1.807, 2.05) is 24.3 Å². The van der Waals surface area contributed by atoms with Gasteiger partial charge in [-0.15, -0.1) is 0 Å². The van der Waals surface area contributed by atoms with Gasteiger partial charge < -0.3 is 14.7 Å². The fourth-order valence-corrected chi connectivity index (χ4v) is 2.50. The third kappa shape index (κ3) is 3.31. The first-order valence-electron chi connectivity index (χ1n) is 5.93. The summed E-state index contributed by atoms with van der Waals surface area (Å²) >= 11 is 3.39.